The summed E-state index contributed by atoms with van der Waals surface area (Å²) in [5.74, 6) is 0.370. The van der Waals surface area contributed by atoms with Crippen molar-refractivity contribution >= 4 is 12.4 Å². The summed E-state index contributed by atoms with van der Waals surface area (Å²) in [5.41, 5.74) is 5.77. The fourth-order valence-corrected chi connectivity index (χ4v) is 1.16. The maximum absolute atomic E-state index is 12.3. The zero-order chi connectivity index (χ0) is 9.84. The Balaban J connectivity index is 0.00000169. The number of aromatic hydroxyl groups is 1. The minimum absolute atomic E-state index is 0. The summed E-state index contributed by atoms with van der Waals surface area (Å²) in [6, 6.07) is 3.86. The van der Waals surface area contributed by atoms with Gasteiger partial charge in [-0.2, -0.15) is 0 Å². The number of phenols is 1. The molecule has 0 aliphatic heterocycles. The molecular weight excluding hydrogens is 209 g/mol. The number of hydrogen-bond donors (Lipinski definition) is 2. The molecule has 0 unspecified atom stereocenters. The Morgan fingerprint density at radius 2 is 2.21 bits per heavy atom. The SMILES string of the molecule is COc1cccc(O)c1[C@H](N)CF.Cl. The fraction of sp³-hybridized carbons (Fsp3) is 0.333. The third-order valence-electron chi connectivity index (χ3n) is 1.80. The van der Waals surface area contributed by atoms with Crippen molar-refractivity contribution in [3.63, 3.8) is 0 Å². The Morgan fingerprint density at radius 3 is 2.71 bits per heavy atom. The number of rotatable bonds is 3. The highest BCUT2D eigenvalue weighted by Gasteiger charge is 2.15. The lowest BCUT2D eigenvalue weighted by Gasteiger charge is -2.13. The predicted octanol–water partition coefficient (Wildman–Crippen LogP) is 1.79. The molecule has 14 heavy (non-hydrogen) atoms. The van der Waals surface area contributed by atoms with Crippen LogP contribution in [0.2, 0.25) is 0 Å². The Morgan fingerprint density at radius 1 is 1.57 bits per heavy atom. The number of hydrogen-bond acceptors (Lipinski definition) is 3. The number of halogens is 2. The topological polar surface area (TPSA) is 55.5 Å². The molecule has 80 valence electrons. The zero-order valence-electron chi connectivity index (χ0n) is 7.74. The van der Waals surface area contributed by atoms with Crippen molar-refractivity contribution in [1.82, 2.24) is 0 Å². The summed E-state index contributed by atoms with van der Waals surface area (Å²) in [7, 11) is 1.45. The molecule has 1 aromatic rings. The monoisotopic (exact) mass is 221 g/mol. The molecule has 1 rings (SSSR count). The molecule has 0 spiro atoms. The summed E-state index contributed by atoms with van der Waals surface area (Å²) in [6.07, 6.45) is 0. The van der Waals surface area contributed by atoms with Crippen LogP contribution in [0, 0.1) is 0 Å². The molecule has 5 heteroatoms. The first-order chi connectivity index (χ1) is 6.20. The van der Waals surface area contributed by atoms with Crippen molar-refractivity contribution in [2.24, 2.45) is 5.73 Å². The van der Waals surface area contributed by atoms with Crippen molar-refractivity contribution < 1.29 is 14.2 Å². The standard InChI is InChI=1S/C9H12FNO2.ClH/c1-13-8-4-2-3-7(12)9(8)6(11)5-10;/h2-4,6,12H,5,11H2,1H3;1H/t6-;/m1./s1. The predicted molar refractivity (Wildman–Crippen MR) is 54.8 cm³/mol. The van der Waals surface area contributed by atoms with Crippen LogP contribution in [0.15, 0.2) is 18.2 Å². The summed E-state index contributed by atoms with van der Waals surface area (Å²) in [4.78, 5) is 0. The average molecular weight is 222 g/mol. The van der Waals surface area contributed by atoms with Gasteiger partial charge in [-0.15, -0.1) is 12.4 Å². The van der Waals surface area contributed by atoms with Gasteiger partial charge >= 0.3 is 0 Å². The van der Waals surface area contributed by atoms with Gasteiger partial charge < -0.3 is 15.6 Å². The number of methoxy groups -OCH3 is 1. The van der Waals surface area contributed by atoms with Crippen molar-refractivity contribution in [3.05, 3.63) is 23.8 Å². The molecule has 0 heterocycles. The van der Waals surface area contributed by atoms with Gasteiger partial charge in [-0.25, -0.2) is 4.39 Å². The third-order valence-corrected chi connectivity index (χ3v) is 1.80. The second kappa shape index (κ2) is 5.67. The van der Waals surface area contributed by atoms with Crippen molar-refractivity contribution in [1.29, 1.82) is 0 Å². The molecule has 0 bridgehead atoms. The Labute approximate surface area is 88.1 Å². The van der Waals surface area contributed by atoms with E-state index in [1.54, 1.807) is 12.1 Å². The molecule has 0 aromatic heterocycles. The summed E-state index contributed by atoms with van der Waals surface area (Å²) in [5, 5.41) is 9.40. The van der Waals surface area contributed by atoms with E-state index < -0.39 is 12.7 Å². The lowest BCUT2D eigenvalue weighted by molar-refractivity contribution is 0.374. The molecule has 1 aromatic carbocycles. The minimum atomic E-state index is -0.837. The van der Waals surface area contributed by atoms with E-state index in [4.69, 9.17) is 10.5 Å². The second-order valence-electron chi connectivity index (χ2n) is 2.65. The molecule has 3 N–H and O–H groups in total. The zero-order valence-corrected chi connectivity index (χ0v) is 8.55. The van der Waals surface area contributed by atoms with E-state index in [2.05, 4.69) is 0 Å². The smallest absolute Gasteiger partial charge is 0.127 e. The third kappa shape index (κ3) is 2.49. The van der Waals surface area contributed by atoms with Crippen LogP contribution < -0.4 is 10.5 Å². The van der Waals surface area contributed by atoms with E-state index in [0.29, 0.717) is 11.3 Å². The minimum Gasteiger partial charge on any atom is -0.507 e. The quantitative estimate of drug-likeness (QED) is 0.818. The highest BCUT2D eigenvalue weighted by Crippen LogP contribution is 2.31. The van der Waals surface area contributed by atoms with Gasteiger partial charge in [0.1, 0.15) is 18.2 Å². The molecule has 0 saturated heterocycles. The van der Waals surface area contributed by atoms with Crippen molar-refractivity contribution in [2.75, 3.05) is 13.8 Å². The first kappa shape index (κ1) is 13.0. The molecule has 0 radical (unpaired) electrons. The molecule has 1 atom stereocenters. The Hall–Kier alpha value is -1.00. The first-order valence-corrected chi connectivity index (χ1v) is 3.88. The summed E-state index contributed by atoms with van der Waals surface area (Å²) >= 11 is 0. The Bertz CT molecular complexity index is 296. The maximum Gasteiger partial charge on any atom is 0.127 e. The van der Waals surface area contributed by atoms with Crippen LogP contribution in [-0.4, -0.2) is 18.9 Å². The highest BCUT2D eigenvalue weighted by atomic mass is 35.5. The van der Waals surface area contributed by atoms with E-state index >= 15 is 0 Å². The molecule has 0 aliphatic carbocycles. The van der Waals surface area contributed by atoms with Crippen LogP contribution >= 0.6 is 12.4 Å². The fourth-order valence-electron chi connectivity index (χ4n) is 1.16. The number of phenolic OH excluding ortho intramolecular Hbond substituents is 1. The average Bonchev–Trinajstić information content (AvgIpc) is 2.16. The van der Waals surface area contributed by atoms with Crippen molar-refractivity contribution in [3.8, 4) is 11.5 Å². The molecule has 3 nitrogen and oxygen atoms in total. The molecule has 0 fully saturated rings. The van der Waals surface area contributed by atoms with Gasteiger partial charge in [0.05, 0.1) is 18.7 Å². The van der Waals surface area contributed by atoms with Gasteiger partial charge in [0, 0.05) is 0 Å². The van der Waals surface area contributed by atoms with Crippen LogP contribution in [0.4, 0.5) is 4.39 Å². The van der Waals surface area contributed by atoms with Crippen LogP contribution in [0.3, 0.4) is 0 Å². The lowest BCUT2D eigenvalue weighted by Crippen LogP contribution is -2.13. The van der Waals surface area contributed by atoms with Crippen molar-refractivity contribution in [2.45, 2.75) is 6.04 Å². The first-order valence-electron chi connectivity index (χ1n) is 3.88. The van der Waals surface area contributed by atoms with Gasteiger partial charge in [0.25, 0.3) is 0 Å². The number of benzene rings is 1. The number of nitrogens with two attached hydrogens (primary N) is 1. The van der Waals surface area contributed by atoms with Gasteiger partial charge in [-0.3, -0.25) is 0 Å². The number of alkyl halides is 1. The van der Waals surface area contributed by atoms with Gasteiger partial charge in [-0.05, 0) is 12.1 Å². The summed E-state index contributed by atoms with van der Waals surface area (Å²) in [6.45, 7) is -0.728. The van der Waals surface area contributed by atoms with Crippen LogP contribution in [0.5, 0.6) is 11.5 Å². The van der Waals surface area contributed by atoms with E-state index in [1.165, 1.54) is 13.2 Å². The molecule has 0 aliphatic rings. The Kier molecular flexibility index (Phi) is 5.27. The number of ether oxygens (including phenoxy) is 1. The maximum atomic E-state index is 12.3. The van der Waals surface area contributed by atoms with Crippen LogP contribution in [0.1, 0.15) is 11.6 Å². The van der Waals surface area contributed by atoms with Gasteiger partial charge in [0.2, 0.25) is 0 Å². The van der Waals surface area contributed by atoms with E-state index in [0.717, 1.165) is 0 Å². The van der Waals surface area contributed by atoms with Gasteiger partial charge in [0.15, 0.2) is 0 Å². The van der Waals surface area contributed by atoms with Crippen LogP contribution in [0.25, 0.3) is 0 Å². The van der Waals surface area contributed by atoms with E-state index in [-0.39, 0.29) is 18.2 Å². The van der Waals surface area contributed by atoms with Gasteiger partial charge in [-0.1, -0.05) is 6.07 Å². The van der Waals surface area contributed by atoms with E-state index in [9.17, 15) is 9.50 Å². The molecule has 0 amide bonds. The lowest BCUT2D eigenvalue weighted by atomic mass is 10.1. The normalized spacial score (nSPS) is 11.6. The second-order valence-corrected chi connectivity index (χ2v) is 2.65. The van der Waals surface area contributed by atoms with Crippen LogP contribution in [-0.2, 0) is 0 Å². The largest absolute Gasteiger partial charge is 0.507 e. The molecular formula is C9H13ClFNO2. The highest BCUT2D eigenvalue weighted by molar-refractivity contribution is 5.85. The summed E-state index contributed by atoms with van der Waals surface area (Å²) < 4.78 is 17.2. The molecule has 0 saturated carbocycles. The van der Waals surface area contributed by atoms with E-state index in [1.807, 2.05) is 0 Å².